The van der Waals surface area contributed by atoms with E-state index in [1.807, 2.05) is 6.92 Å². The van der Waals surface area contributed by atoms with Gasteiger partial charge in [-0.15, -0.1) is 0 Å². The molecule has 1 amide bonds. The van der Waals surface area contributed by atoms with Crippen molar-refractivity contribution < 1.29 is 13.9 Å². The summed E-state index contributed by atoms with van der Waals surface area (Å²) in [4.78, 5) is 11.0. The topological polar surface area (TPSA) is 50.4 Å². The van der Waals surface area contributed by atoms with Crippen molar-refractivity contribution in [1.29, 1.82) is 0 Å². The monoisotopic (exact) mass is 282 g/mol. The molecule has 0 spiro atoms. The Kier molecular flexibility index (Phi) is 7.01. The molecule has 0 aromatic heterocycles. The minimum Gasteiger partial charge on any atom is -0.493 e. The molecule has 0 aliphatic rings. The minimum absolute atomic E-state index is 0.0325. The zero-order chi connectivity index (χ0) is 15.0. The zero-order valence-electron chi connectivity index (χ0n) is 12.3. The lowest BCUT2D eigenvalue weighted by molar-refractivity contribution is -0.121. The summed E-state index contributed by atoms with van der Waals surface area (Å²) in [5.41, 5.74) is 0.622. The summed E-state index contributed by atoms with van der Waals surface area (Å²) in [6.45, 7) is 5.09. The summed E-state index contributed by atoms with van der Waals surface area (Å²) < 4.78 is 19.3. The number of carbonyl (C=O) groups excluding carboxylic acids is 1. The van der Waals surface area contributed by atoms with Gasteiger partial charge in [-0.3, -0.25) is 4.79 Å². The molecule has 4 nitrogen and oxygen atoms in total. The van der Waals surface area contributed by atoms with E-state index in [1.54, 1.807) is 19.2 Å². The van der Waals surface area contributed by atoms with E-state index in [1.165, 1.54) is 6.07 Å². The number of carbonyl (C=O) groups is 1. The first-order valence-corrected chi connectivity index (χ1v) is 6.94. The Morgan fingerprint density at radius 1 is 1.45 bits per heavy atom. The highest BCUT2D eigenvalue weighted by Gasteiger charge is 2.11. The van der Waals surface area contributed by atoms with Crippen LogP contribution in [0.25, 0.3) is 0 Å². The second-order valence-electron chi connectivity index (χ2n) is 4.63. The van der Waals surface area contributed by atoms with Crippen LogP contribution < -0.4 is 15.4 Å². The minimum atomic E-state index is -0.293. The maximum Gasteiger partial charge on any atom is 0.223 e. The van der Waals surface area contributed by atoms with Crippen LogP contribution in [0, 0.1) is 5.82 Å². The first-order chi connectivity index (χ1) is 9.58. The smallest absolute Gasteiger partial charge is 0.223 e. The summed E-state index contributed by atoms with van der Waals surface area (Å²) in [7, 11) is 1.57. The van der Waals surface area contributed by atoms with Crippen molar-refractivity contribution in [3.63, 3.8) is 0 Å². The van der Waals surface area contributed by atoms with Crippen molar-refractivity contribution in [3.8, 4) is 5.75 Å². The van der Waals surface area contributed by atoms with Gasteiger partial charge in [-0.1, -0.05) is 13.0 Å². The van der Waals surface area contributed by atoms with E-state index in [0.717, 1.165) is 13.0 Å². The van der Waals surface area contributed by atoms with Gasteiger partial charge in [-0.05, 0) is 26.0 Å². The van der Waals surface area contributed by atoms with Gasteiger partial charge >= 0.3 is 0 Å². The Balaban J connectivity index is 2.56. The largest absolute Gasteiger partial charge is 0.493 e. The van der Waals surface area contributed by atoms with Gasteiger partial charge in [0.05, 0.1) is 13.0 Å². The SMILES string of the molecule is CCCNC(C)c1ccc(OCCC(=O)NC)cc1F. The van der Waals surface area contributed by atoms with Gasteiger partial charge in [0.1, 0.15) is 11.6 Å². The van der Waals surface area contributed by atoms with E-state index in [-0.39, 0.29) is 30.8 Å². The highest BCUT2D eigenvalue weighted by molar-refractivity contribution is 5.75. The van der Waals surface area contributed by atoms with Crippen LogP contribution in [0.4, 0.5) is 4.39 Å². The molecule has 1 atom stereocenters. The normalized spacial score (nSPS) is 12.0. The third-order valence-corrected chi connectivity index (χ3v) is 3.02. The number of ether oxygens (including phenoxy) is 1. The Morgan fingerprint density at radius 3 is 2.80 bits per heavy atom. The molecular weight excluding hydrogens is 259 g/mol. The lowest BCUT2D eigenvalue weighted by Crippen LogP contribution is -2.21. The van der Waals surface area contributed by atoms with Gasteiger partial charge in [0.25, 0.3) is 0 Å². The summed E-state index contributed by atoms with van der Waals surface area (Å²) >= 11 is 0. The third kappa shape index (κ3) is 5.17. The second-order valence-corrected chi connectivity index (χ2v) is 4.63. The number of nitrogens with one attached hydrogen (secondary N) is 2. The number of hydrogen-bond donors (Lipinski definition) is 2. The van der Waals surface area contributed by atoms with Crippen LogP contribution in [-0.4, -0.2) is 26.1 Å². The highest BCUT2D eigenvalue weighted by atomic mass is 19.1. The highest BCUT2D eigenvalue weighted by Crippen LogP contribution is 2.22. The molecule has 5 heteroatoms. The van der Waals surface area contributed by atoms with Gasteiger partial charge in [-0.25, -0.2) is 4.39 Å². The maximum atomic E-state index is 14.0. The van der Waals surface area contributed by atoms with E-state index in [4.69, 9.17) is 4.74 Å². The number of amides is 1. The summed E-state index contributed by atoms with van der Waals surface area (Å²) in [6.07, 6.45) is 1.26. The van der Waals surface area contributed by atoms with Gasteiger partial charge < -0.3 is 15.4 Å². The molecule has 0 bridgehead atoms. The molecular formula is C15H23FN2O2. The first kappa shape index (κ1) is 16.4. The molecule has 112 valence electrons. The van der Waals surface area contributed by atoms with Crippen molar-refractivity contribution in [2.24, 2.45) is 0 Å². The van der Waals surface area contributed by atoms with Crippen LogP contribution in [0.2, 0.25) is 0 Å². The lowest BCUT2D eigenvalue weighted by Gasteiger charge is -2.15. The lowest BCUT2D eigenvalue weighted by atomic mass is 10.1. The molecule has 0 saturated heterocycles. The number of halogens is 1. The molecule has 20 heavy (non-hydrogen) atoms. The Bertz CT molecular complexity index is 438. The van der Waals surface area contributed by atoms with Crippen molar-refractivity contribution >= 4 is 5.91 Å². The van der Waals surface area contributed by atoms with Crippen LogP contribution in [0.1, 0.15) is 38.3 Å². The molecule has 0 saturated carbocycles. The zero-order valence-corrected chi connectivity index (χ0v) is 12.3. The predicted molar refractivity (Wildman–Crippen MR) is 77.3 cm³/mol. The fourth-order valence-electron chi connectivity index (χ4n) is 1.81. The summed E-state index contributed by atoms with van der Waals surface area (Å²) in [6, 6.07) is 4.78. The van der Waals surface area contributed by atoms with Crippen LogP contribution >= 0.6 is 0 Å². The third-order valence-electron chi connectivity index (χ3n) is 3.02. The average Bonchev–Trinajstić information content (AvgIpc) is 2.44. The number of hydrogen-bond acceptors (Lipinski definition) is 3. The molecule has 1 aromatic carbocycles. The standard InChI is InChI=1S/C15H23FN2O2/c1-4-8-18-11(2)13-6-5-12(10-14(13)16)20-9-7-15(19)17-3/h5-6,10-11,18H,4,7-9H2,1-3H3,(H,17,19). The average molecular weight is 282 g/mol. The van der Waals surface area contributed by atoms with Crippen LogP contribution in [-0.2, 0) is 4.79 Å². The van der Waals surface area contributed by atoms with Gasteiger partial charge in [-0.2, -0.15) is 0 Å². The van der Waals surface area contributed by atoms with Crippen molar-refractivity contribution in [3.05, 3.63) is 29.6 Å². The fraction of sp³-hybridized carbons (Fsp3) is 0.533. The van der Waals surface area contributed by atoms with Gasteiger partial charge in [0.2, 0.25) is 5.91 Å². The van der Waals surface area contributed by atoms with Crippen LogP contribution in [0.3, 0.4) is 0 Å². The molecule has 0 fully saturated rings. The van der Waals surface area contributed by atoms with Crippen LogP contribution in [0.5, 0.6) is 5.75 Å². The molecule has 1 aromatic rings. The van der Waals surface area contributed by atoms with E-state index in [0.29, 0.717) is 11.3 Å². The Labute approximate surface area is 119 Å². The van der Waals surface area contributed by atoms with E-state index >= 15 is 0 Å². The Morgan fingerprint density at radius 2 is 2.20 bits per heavy atom. The molecule has 0 radical (unpaired) electrons. The van der Waals surface area contributed by atoms with E-state index in [2.05, 4.69) is 17.6 Å². The Hall–Kier alpha value is -1.62. The van der Waals surface area contributed by atoms with Crippen molar-refractivity contribution in [1.82, 2.24) is 10.6 Å². The fourth-order valence-corrected chi connectivity index (χ4v) is 1.81. The molecule has 0 heterocycles. The van der Waals surface area contributed by atoms with Gasteiger partial charge in [0, 0.05) is 24.7 Å². The predicted octanol–water partition coefficient (Wildman–Crippen LogP) is 2.40. The van der Waals surface area contributed by atoms with Crippen LogP contribution in [0.15, 0.2) is 18.2 Å². The van der Waals surface area contributed by atoms with E-state index < -0.39 is 0 Å². The molecule has 0 aliphatic carbocycles. The van der Waals surface area contributed by atoms with Crippen molar-refractivity contribution in [2.75, 3.05) is 20.2 Å². The number of rotatable bonds is 8. The molecule has 0 aliphatic heterocycles. The van der Waals surface area contributed by atoms with Crippen molar-refractivity contribution in [2.45, 2.75) is 32.7 Å². The number of benzene rings is 1. The summed E-state index contributed by atoms with van der Waals surface area (Å²) in [5, 5.41) is 5.75. The maximum absolute atomic E-state index is 14.0. The second kappa shape index (κ2) is 8.53. The summed E-state index contributed by atoms with van der Waals surface area (Å²) in [5.74, 6) is 0.0517. The first-order valence-electron chi connectivity index (χ1n) is 6.94. The van der Waals surface area contributed by atoms with Gasteiger partial charge in [0.15, 0.2) is 0 Å². The molecule has 2 N–H and O–H groups in total. The molecule has 1 unspecified atom stereocenters. The molecule has 1 rings (SSSR count). The quantitative estimate of drug-likeness (QED) is 0.770. The van der Waals surface area contributed by atoms with E-state index in [9.17, 15) is 9.18 Å².